The van der Waals surface area contributed by atoms with E-state index in [1.807, 2.05) is 36.1 Å². The highest BCUT2D eigenvalue weighted by Gasteiger charge is 2.11. The summed E-state index contributed by atoms with van der Waals surface area (Å²) < 4.78 is 3.75. The molecule has 3 aromatic rings. The molecule has 0 aromatic carbocycles. The fraction of sp³-hybridized carbons (Fsp3) is 0.286. The molecule has 0 spiro atoms. The summed E-state index contributed by atoms with van der Waals surface area (Å²) in [6, 6.07) is 3.82. The van der Waals surface area contributed by atoms with Gasteiger partial charge in [0.2, 0.25) is 0 Å². The number of thioether (sulfide) groups is 1. The van der Waals surface area contributed by atoms with Gasteiger partial charge in [-0.15, -0.1) is 10.2 Å². The molecular weight excluding hydrogens is 318 g/mol. The Labute approximate surface area is 135 Å². The minimum atomic E-state index is 0.0912. The third kappa shape index (κ3) is 2.97. The lowest BCUT2D eigenvalue weighted by atomic mass is 10.2. The molecule has 8 heteroatoms. The van der Waals surface area contributed by atoms with Gasteiger partial charge >= 0.3 is 4.87 Å². The van der Waals surface area contributed by atoms with Gasteiger partial charge in [0.25, 0.3) is 0 Å². The van der Waals surface area contributed by atoms with Gasteiger partial charge in [0.15, 0.2) is 11.0 Å². The van der Waals surface area contributed by atoms with E-state index in [4.69, 9.17) is 0 Å². The van der Waals surface area contributed by atoms with Crippen LogP contribution in [0.3, 0.4) is 0 Å². The van der Waals surface area contributed by atoms with Gasteiger partial charge in [-0.3, -0.25) is 9.78 Å². The third-order valence-corrected chi connectivity index (χ3v) is 5.18. The van der Waals surface area contributed by atoms with Crippen molar-refractivity contribution in [1.82, 2.24) is 24.3 Å². The van der Waals surface area contributed by atoms with E-state index in [0.29, 0.717) is 6.54 Å². The minimum absolute atomic E-state index is 0.0912. The summed E-state index contributed by atoms with van der Waals surface area (Å²) in [7, 11) is 1.94. The predicted octanol–water partition coefficient (Wildman–Crippen LogP) is 2.20. The monoisotopic (exact) mass is 333 g/mol. The summed E-state index contributed by atoms with van der Waals surface area (Å²) in [4.78, 5) is 15.8. The first-order valence-corrected chi connectivity index (χ1v) is 8.61. The molecule has 6 nitrogen and oxygen atoms in total. The molecule has 22 heavy (non-hydrogen) atoms. The molecule has 3 aromatic heterocycles. The molecular formula is C14H15N5OS2. The number of nitrogens with zero attached hydrogens (tertiary/aromatic N) is 5. The highest BCUT2D eigenvalue weighted by molar-refractivity contribution is 7.99. The number of hydrogen-bond acceptors (Lipinski definition) is 6. The Kier molecular flexibility index (Phi) is 4.39. The van der Waals surface area contributed by atoms with Gasteiger partial charge in [0.05, 0.1) is 0 Å². The van der Waals surface area contributed by atoms with Gasteiger partial charge in [0, 0.05) is 48.4 Å². The van der Waals surface area contributed by atoms with Gasteiger partial charge in [-0.2, -0.15) is 0 Å². The lowest BCUT2D eigenvalue weighted by molar-refractivity contribution is 0.726. The van der Waals surface area contributed by atoms with Gasteiger partial charge in [-0.1, -0.05) is 23.1 Å². The third-order valence-electron chi connectivity index (χ3n) is 3.30. The average molecular weight is 333 g/mol. The largest absolute Gasteiger partial charge is 0.307 e. The normalized spacial score (nSPS) is 11.0. The van der Waals surface area contributed by atoms with Crippen molar-refractivity contribution in [2.75, 3.05) is 5.75 Å². The van der Waals surface area contributed by atoms with E-state index in [0.717, 1.165) is 28.0 Å². The summed E-state index contributed by atoms with van der Waals surface area (Å²) in [5.74, 6) is 1.59. The molecule has 114 valence electrons. The van der Waals surface area contributed by atoms with E-state index in [1.165, 1.54) is 11.3 Å². The van der Waals surface area contributed by atoms with Crippen molar-refractivity contribution in [2.24, 2.45) is 7.05 Å². The molecule has 0 amide bonds. The maximum absolute atomic E-state index is 11.7. The van der Waals surface area contributed by atoms with Crippen LogP contribution in [0.4, 0.5) is 0 Å². The summed E-state index contributed by atoms with van der Waals surface area (Å²) in [5.41, 5.74) is 1.99. The van der Waals surface area contributed by atoms with Crippen LogP contribution >= 0.6 is 23.1 Å². The zero-order valence-electron chi connectivity index (χ0n) is 12.3. The van der Waals surface area contributed by atoms with Crippen molar-refractivity contribution in [3.63, 3.8) is 0 Å². The van der Waals surface area contributed by atoms with Crippen molar-refractivity contribution in [3.05, 3.63) is 45.3 Å². The zero-order valence-corrected chi connectivity index (χ0v) is 13.9. The van der Waals surface area contributed by atoms with Crippen LogP contribution in [0.25, 0.3) is 11.4 Å². The Hall–Kier alpha value is -1.93. The number of aryl methyl sites for hydroxylation is 1. The number of aromatic nitrogens is 5. The van der Waals surface area contributed by atoms with E-state index >= 15 is 0 Å². The van der Waals surface area contributed by atoms with Crippen LogP contribution in [0, 0.1) is 6.92 Å². The quantitative estimate of drug-likeness (QED) is 0.670. The minimum Gasteiger partial charge on any atom is -0.305 e. The van der Waals surface area contributed by atoms with E-state index in [9.17, 15) is 4.79 Å². The van der Waals surface area contributed by atoms with Crippen LogP contribution in [0.1, 0.15) is 5.69 Å². The molecule has 0 saturated heterocycles. The van der Waals surface area contributed by atoms with Crippen LogP contribution < -0.4 is 4.87 Å². The van der Waals surface area contributed by atoms with Gasteiger partial charge < -0.3 is 9.13 Å². The van der Waals surface area contributed by atoms with Crippen molar-refractivity contribution < 1.29 is 0 Å². The fourth-order valence-corrected chi connectivity index (χ4v) is 3.69. The average Bonchev–Trinajstić information content (AvgIpc) is 3.05. The number of hydrogen-bond donors (Lipinski definition) is 0. The highest BCUT2D eigenvalue weighted by Crippen LogP contribution is 2.22. The van der Waals surface area contributed by atoms with Gasteiger partial charge in [0.1, 0.15) is 0 Å². The molecule has 0 aliphatic rings. The van der Waals surface area contributed by atoms with E-state index < -0.39 is 0 Å². The van der Waals surface area contributed by atoms with Crippen molar-refractivity contribution in [3.8, 4) is 11.4 Å². The molecule has 0 radical (unpaired) electrons. The molecule has 0 unspecified atom stereocenters. The Morgan fingerprint density at radius 1 is 1.27 bits per heavy atom. The first kappa shape index (κ1) is 15.0. The first-order chi connectivity index (χ1) is 10.7. The summed E-state index contributed by atoms with van der Waals surface area (Å²) >= 11 is 2.84. The number of rotatable bonds is 5. The molecule has 0 aliphatic carbocycles. The van der Waals surface area contributed by atoms with Crippen molar-refractivity contribution >= 4 is 23.1 Å². The Balaban J connectivity index is 1.70. The van der Waals surface area contributed by atoms with Crippen LogP contribution in [-0.4, -0.2) is 30.1 Å². The second-order valence-electron chi connectivity index (χ2n) is 4.74. The van der Waals surface area contributed by atoms with Gasteiger partial charge in [-0.25, -0.2) is 0 Å². The van der Waals surface area contributed by atoms with E-state index in [-0.39, 0.29) is 4.87 Å². The zero-order chi connectivity index (χ0) is 15.5. The summed E-state index contributed by atoms with van der Waals surface area (Å²) in [6.07, 6.45) is 3.48. The summed E-state index contributed by atoms with van der Waals surface area (Å²) in [5, 5.41) is 11.2. The van der Waals surface area contributed by atoms with Crippen LogP contribution in [0.15, 0.2) is 39.9 Å². The lowest BCUT2D eigenvalue weighted by Gasteiger charge is -2.05. The maximum atomic E-state index is 11.7. The number of pyridine rings is 1. The molecule has 0 saturated carbocycles. The Morgan fingerprint density at radius 2 is 2.05 bits per heavy atom. The predicted molar refractivity (Wildman–Crippen MR) is 88.3 cm³/mol. The van der Waals surface area contributed by atoms with Crippen LogP contribution in [-0.2, 0) is 13.6 Å². The van der Waals surface area contributed by atoms with Crippen LogP contribution in [0.2, 0.25) is 0 Å². The van der Waals surface area contributed by atoms with Crippen LogP contribution in [0.5, 0.6) is 0 Å². The second-order valence-corrected chi connectivity index (χ2v) is 6.63. The van der Waals surface area contributed by atoms with E-state index in [2.05, 4.69) is 15.2 Å². The smallest absolute Gasteiger partial charge is 0.305 e. The van der Waals surface area contributed by atoms with Crippen molar-refractivity contribution in [1.29, 1.82) is 0 Å². The highest BCUT2D eigenvalue weighted by atomic mass is 32.2. The Bertz CT molecular complexity index is 821. The molecule has 3 heterocycles. The standard InChI is InChI=1S/C14H15N5OS2/c1-10-9-22-14(20)19(10)7-8-21-13-17-16-12(18(13)2)11-3-5-15-6-4-11/h3-6,9H,7-8H2,1-2H3. The molecule has 0 fully saturated rings. The van der Waals surface area contributed by atoms with Crippen molar-refractivity contribution in [2.45, 2.75) is 18.6 Å². The SMILES string of the molecule is Cc1csc(=O)n1CCSc1nnc(-c2ccncc2)n1C. The molecule has 0 N–H and O–H groups in total. The van der Waals surface area contributed by atoms with Gasteiger partial charge in [-0.05, 0) is 19.1 Å². The number of thiazole rings is 1. The topological polar surface area (TPSA) is 65.6 Å². The lowest BCUT2D eigenvalue weighted by Crippen LogP contribution is -2.15. The maximum Gasteiger partial charge on any atom is 0.307 e. The molecule has 0 atom stereocenters. The summed E-state index contributed by atoms with van der Waals surface area (Å²) in [6.45, 7) is 2.63. The molecule has 0 aliphatic heterocycles. The second kappa shape index (κ2) is 6.45. The van der Waals surface area contributed by atoms with E-state index in [1.54, 1.807) is 28.7 Å². The molecule has 3 rings (SSSR count). The fourth-order valence-electron chi connectivity index (χ4n) is 2.10. The Morgan fingerprint density at radius 3 is 2.73 bits per heavy atom. The first-order valence-electron chi connectivity index (χ1n) is 6.74. The molecule has 0 bridgehead atoms.